The summed E-state index contributed by atoms with van der Waals surface area (Å²) in [5.41, 5.74) is 0. The van der Waals surface area contributed by atoms with Gasteiger partial charge in [0, 0.05) is 0 Å². The second-order valence-electron chi connectivity index (χ2n) is 5.33. The van der Waals surface area contributed by atoms with E-state index in [1.165, 1.54) is 26.4 Å². The largest absolute Gasteiger partial charge is 0.469 e. The number of rotatable bonds is 6. The first-order valence-electron chi connectivity index (χ1n) is 6.73. The van der Waals surface area contributed by atoms with Crippen LogP contribution in [-0.4, -0.2) is 33.0 Å². The van der Waals surface area contributed by atoms with Gasteiger partial charge in [-0.05, 0) is 12.3 Å². The van der Waals surface area contributed by atoms with Crippen molar-refractivity contribution < 1.29 is 17.9 Å². The van der Waals surface area contributed by atoms with Gasteiger partial charge in [0.15, 0.2) is 9.84 Å². The van der Waals surface area contributed by atoms with E-state index in [-0.39, 0.29) is 11.5 Å². The second-order valence-corrected chi connectivity index (χ2v) is 7.56. The summed E-state index contributed by atoms with van der Waals surface area (Å²) in [7, 11) is -1.85. The number of hydrogen-bond donors (Lipinski definition) is 0. The molecule has 0 aromatic rings. The van der Waals surface area contributed by atoms with Crippen LogP contribution in [0.15, 0.2) is 0 Å². The maximum absolute atomic E-state index is 11.9. The maximum Gasteiger partial charge on any atom is 0.309 e. The van der Waals surface area contributed by atoms with E-state index in [0.29, 0.717) is 5.92 Å². The molecule has 1 fully saturated rings. The summed E-state index contributed by atoms with van der Waals surface area (Å²) in [6, 6.07) is 0. The third-order valence-corrected chi connectivity index (χ3v) is 5.53. The molecule has 18 heavy (non-hydrogen) atoms. The lowest BCUT2D eigenvalue weighted by Gasteiger charge is -2.21. The van der Waals surface area contributed by atoms with E-state index in [2.05, 4.69) is 4.74 Å². The fourth-order valence-corrected chi connectivity index (χ4v) is 4.31. The average Bonchev–Trinajstić information content (AvgIpc) is 2.36. The van der Waals surface area contributed by atoms with Gasteiger partial charge in [-0.15, -0.1) is 0 Å². The molecular weight excluding hydrogens is 252 g/mol. The second kappa shape index (κ2) is 7.12. The van der Waals surface area contributed by atoms with Gasteiger partial charge in [0.05, 0.1) is 24.5 Å². The lowest BCUT2D eigenvalue weighted by Crippen LogP contribution is -2.25. The first kappa shape index (κ1) is 15.5. The summed E-state index contributed by atoms with van der Waals surface area (Å²) < 4.78 is 28.3. The van der Waals surface area contributed by atoms with Crippen LogP contribution in [0, 0.1) is 11.8 Å². The van der Waals surface area contributed by atoms with Gasteiger partial charge in [-0.2, -0.15) is 0 Å². The zero-order chi connectivity index (χ0) is 13.6. The fourth-order valence-electron chi connectivity index (χ4n) is 2.56. The van der Waals surface area contributed by atoms with Crippen LogP contribution < -0.4 is 0 Å². The minimum absolute atomic E-state index is 0.0909. The van der Waals surface area contributed by atoms with Crippen LogP contribution in [0.3, 0.4) is 0 Å². The average molecular weight is 276 g/mol. The molecule has 0 spiro atoms. The molecule has 1 atom stereocenters. The summed E-state index contributed by atoms with van der Waals surface area (Å²) >= 11 is 0. The van der Waals surface area contributed by atoms with Crippen LogP contribution in [0.1, 0.15) is 45.4 Å². The first-order chi connectivity index (χ1) is 8.44. The molecule has 0 saturated heterocycles. The summed E-state index contributed by atoms with van der Waals surface area (Å²) in [5.74, 6) is -0.338. The minimum atomic E-state index is -3.14. The Morgan fingerprint density at radius 2 is 1.89 bits per heavy atom. The Balaban J connectivity index is 2.37. The van der Waals surface area contributed by atoms with Crippen LogP contribution in [0.4, 0.5) is 0 Å². The molecule has 0 bridgehead atoms. The Hall–Kier alpha value is -0.580. The Morgan fingerprint density at radius 3 is 2.44 bits per heavy atom. The summed E-state index contributed by atoms with van der Waals surface area (Å²) in [5, 5.41) is 0. The van der Waals surface area contributed by atoms with Crippen molar-refractivity contribution in [2.45, 2.75) is 45.4 Å². The van der Waals surface area contributed by atoms with E-state index in [4.69, 9.17) is 0 Å². The van der Waals surface area contributed by atoms with Crippen LogP contribution in [-0.2, 0) is 19.4 Å². The Kier molecular flexibility index (Phi) is 6.12. The van der Waals surface area contributed by atoms with Gasteiger partial charge in [-0.1, -0.05) is 39.0 Å². The molecule has 0 aliphatic heterocycles. The predicted molar refractivity (Wildman–Crippen MR) is 71.0 cm³/mol. The third-order valence-electron chi connectivity index (χ3n) is 3.67. The standard InChI is InChI=1S/C13H24O4S/c1-11(13(14)17-2)10-18(15,16)9-8-12-6-4-3-5-7-12/h11-12H,3-10H2,1-2H3. The van der Waals surface area contributed by atoms with Crippen LogP contribution in [0.5, 0.6) is 0 Å². The van der Waals surface area contributed by atoms with E-state index in [1.807, 2.05) is 0 Å². The number of hydrogen-bond acceptors (Lipinski definition) is 4. The van der Waals surface area contributed by atoms with Crippen molar-refractivity contribution >= 4 is 15.8 Å². The lowest BCUT2D eigenvalue weighted by molar-refractivity contribution is -0.144. The lowest BCUT2D eigenvalue weighted by atomic mass is 9.88. The van der Waals surface area contributed by atoms with Crippen LogP contribution >= 0.6 is 0 Å². The molecule has 0 heterocycles. The molecule has 106 valence electrons. The van der Waals surface area contributed by atoms with Crippen molar-refractivity contribution in [1.82, 2.24) is 0 Å². The molecule has 1 aliphatic carbocycles. The Bertz CT molecular complexity index is 355. The highest BCUT2D eigenvalue weighted by Gasteiger charge is 2.23. The fraction of sp³-hybridized carbons (Fsp3) is 0.923. The molecule has 5 heteroatoms. The predicted octanol–water partition coefficient (Wildman–Crippen LogP) is 2.18. The van der Waals surface area contributed by atoms with E-state index < -0.39 is 21.7 Å². The molecule has 1 rings (SSSR count). The van der Waals surface area contributed by atoms with Crippen LogP contribution in [0.25, 0.3) is 0 Å². The minimum Gasteiger partial charge on any atom is -0.469 e. The number of carbonyl (C=O) groups is 1. The maximum atomic E-state index is 11.9. The van der Waals surface area contributed by atoms with Crippen molar-refractivity contribution in [2.24, 2.45) is 11.8 Å². The quantitative estimate of drug-likeness (QED) is 0.698. The number of methoxy groups -OCH3 is 1. The van der Waals surface area contributed by atoms with E-state index in [9.17, 15) is 13.2 Å². The smallest absolute Gasteiger partial charge is 0.309 e. The van der Waals surface area contributed by atoms with Gasteiger partial charge in [-0.3, -0.25) is 4.79 Å². The summed E-state index contributed by atoms with van der Waals surface area (Å²) in [6.07, 6.45) is 6.79. The Labute approximate surface area is 110 Å². The summed E-state index contributed by atoms with van der Waals surface area (Å²) in [6.45, 7) is 1.60. The Morgan fingerprint density at radius 1 is 1.28 bits per heavy atom. The molecular formula is C13H24O4S. The van der Waals surface area contributed by atoms with Crippen molar-refractivity contribution in [3.8, 4) is 0 Å². The van der Waals surface area contributed by atoms with Gasteiger partial charge in [0.25, 0.3) is 0 Å². The zero-order valence-electron chi connectivity index (χ0n) is 11.4. The highest BCUT2D eigenvalue weighted by Crippen LogP contribution is 2.26. The highest BCUT2D eigenvalue weighted by atomic mass is 32.2. The molecule has 0 radical (unpaired) electrons. The van der Waals surface area contributed by atoms with Crippen molar-refractivity contribution in [3.63, 3.8) is 0 Å². The molecule has 1 saturated carbocycles. The number of ether oxygens (including phenoxy) is 1. The van der Waals surface area contributed by atoms with E-state index in [1.54, 1.807) is 6.92 Å². The van der Waals surface area contributed by atoms with E-state index in [0.717, 1.165) is 19.3 Å². The third kappa shape index (κ3) is 5.38. The number of carbonyl (C=O) groups excluding carboxylic acids is 1. The van der Waals surface area contributed by atoms with Gasteiger partial charge in [-0.25, -0.2) is 8.42 Å². The monoisotopic (exact) mass is 276 g/mol. The van der Waals surface area contributed by atoms with Gasteiger partial charge >= 0.3 is 5.97 Å². The topological polar surface area (TPSA) is 60.4 Å². The zero-order valence-corrected chi connectivity index (χ0v) is 12.2. The molecule has 1 aliphatic rings. The first-order valence-corrected chi connectivity index (χ1v) is 8.55. The van der Waals surface area contributed by atoms with E-state index >= 15 is 0 Å². The molecule has 1 unspecified atom stereocenters. The van der Waals surface area contributed by atoms with Gasteiger partial charge in [0.2, 0.25) is 0 Å². The molecule has 0 aromatic heterocycles. The normalized spacial score (nSPS) is 19.4. The van der Waals surface area contributed by atoms with Crippen LogP contribution in [0.2, 0.25) is 0 Å². The van der Waals surface area contributed by atoms with Crippen molar-refractivity contribution in [1.29, 1.82) is 0 Å². The molecule has 0 amide bonds. The molecule has 0 aromatic carbocycles. The van der Waals surface area contributed by atoms with Crippen molar-refractivity contribution in [3.05, 3.63) is 0 Å². The van der Waals surface area contributed by atoms with Gasteiger partial charge in [0.1, 0.15) is 0 Å². The number of sulfone groups is 1. The number of esters is 1. The molecule has 4 nitrogen and oxygen atoms in total. The highest BCUT2D eigenvalue weighted by molar-refractivity contribution is 7.91. The SMILES string of the molecule is COC(=O)C(C)CS(=O)(=O)CCC1CCCCC1. The van der Waals surface area contributed by atoms with Crippen molar-refractivity contribution in [2.75, 3.05) is 18.6 Å². The molecule has 0 N–H and O–H groups in total. The van der Waals surface area contributed by atoms with Gasteiger partial charge < -0.3 is 4.74 Å². The summed E-state index contributed by atoms with van der Waals surface area (Å²) in [4.78, 5) is 11.2.